The predicted molar refractivity (Wildman–Crippen MR) is 73.1 cm³/mol. The van der Waals surface area contributed by atoms with Gasteiger partial charge in [0.05, 0.1) is 13.2 Å². The minimum Gasteiger partial charge on any atom is -0.378 e. The van der Waals surface area contributed by atoms with Crippen molar-refractivity contribution in [2.75, 3.05) is 31.2 Å². The number of nitrogens with zero attached hydrogens (tertiary/aromatic N) is 1. The summed E-state index contributed by atoms with van der Waals surface area (Å²) in [5.41, 5.74) is 2.55. The third kappa shape index (κ3) is 3.33. The summed E-state index contributed by atoms with van der Waals surface area (Å²) in [6.07, 6.45) is 2.14. The molecule has 0 amide bonds. The van der Waals surface area contributed by atoms with Crippen LogP contribution >= 0.6 is 0 Å². The van der Waals surface area contributed by atoms with Crippen LogP contribution in [0, 0.1) is 0 Å². The Hall–Kier alpha value is -1.35. The molecule has 2 rings (SSSR count). The molecule has 0 bridgehead atoms. The van der Waals surface area contributed by atoms with E-state index in [0.29, 0.717) is 18.6 Å². The van der Waals surface area contributed by atoms with Crippen LogP contribution in [0.4, 0.5) is 5.69 Å². The van der Waals surface area contributed by atoms with E-state index in [2.05, 4.69) is 29.2 Å². The first kappa shape index (κ1) is 13.1. The van der Waals surface area contributed by atoms with E-state index in [9.17, 15) is 4.79 Å². The molecule has 0 spiro atoms. The number of benzene rings is 1. The number of carbonyl (C=O) groups excluding carboxylic acids is 1. The lowest BCUT2D eigenvalue weighted by Crippen LogP contribution is -2.36. The van der Waals surface area contributed by atoms with Crippen molar-refractivity contribution in [1.82, 2.24) is 0 Å². The molecule has 98 valence electrons. The molecule has 0 N–H and O–H groups in total. The molecule has 0 unspecified atom stereocenters. The fraction of sp³-hybridized carbons (Fsp3) is 0.533. The van der Waals surface area contributed by atoms with Crippen molar-refractivity contribution >= 4 is 11.5 Å². The van der Waals surface area contributed by atoms with Gasteiger partial charge in [-0.1, -0.05) is 25.1 Å². The summed E-state index contributed by atoms with van der Waals surface area (Å²) in [6, 6.07) is 8.40. The molecule has 3 heteroatoms. The van der Waals surface area contributed by atoms with Crippen LogP contribution < -0.4 is 4.90 Å². The largest absolute Gasteiger partial charge is 0.378 e. The zero-order chi connectivity index (χ0) is 12.8. The van der Waals surface area contributed by atoms with Crippen LogP contribution in [0.3, 0.4) is 0 Å². The highest BCUT2D eigenvalue weighted by atomic mass is 16.5. The molecule has 1 fully saturated rings. The number of anilines is 1. The Kier molecular flexibility index (Phi) is 4.76. The fourth-order valence-electron chi connectivity index (χ4n) is 2.29. The number of ketones is 1. The molecule has 0 aliphatic carbocycles. The van der Waals surface area contributed by atoms with Gasteiger partial charge >= 0.3 is 0 Å². The topological polar surface area (TPSA) is 29.5 Å². The molecular formula is C15H21NO2. The Labute approximate surface area is 109 Å². The van der Waals surface area contributed by atoms with Crippen molar-refractivity contribution < 1.29 is 9.53 Å². The Bertz CT molecular complexity index is 397. The normalized spacial score (nSPS) is 15.7. The van der Waals surface area contributed by atoms with Gasteiger partial charge in [0, 0.05) is 31.6 Å². The van der Waals surface area contributed by atoms with E-state index < -0.39 is 0 Å². The van der Waals surface area contributed by atoms with E-state index in [-0.39, 0.29) is 0 Å². The van der Waals surface area contributed by atoms with Crippen molar-refractivity contribution in [3.63, 3.8) is 0 Å². The molecule has 1 aromatic rings. The van der Waals surface area contributed by atoms with Crippen molar-refractivity contribution in [2.45, 2.75) is 26.2 Å². The molecule has 3 nitrogen and oxygen atoms in total. The van der Waals surface area contributed by atoms with Crippen LogP contribution in [-0.4, -0.2) is 32.1 Å². The number of morpholine rings is 1. The zero-order valence-corrected chi connectivity index (χ0v) is 11.0. The molecular weight excluding hydrogens is 226 g/mol. The molecule has 1 saturated heterocycles. The summed E-state index contributed by atoms with van der Waals surface area (Å²) in [5.74, 6) is 0.340. The van der Waals surface area contributed by atoms with Crippen molar-refractivity contribution in [3.8, 4) is 0 Å². The maximum absolute atomic E-state index is 11.4. The summed E-state index contributed by atoms with van der Waals surface area (Å²) in [4.78, 5) is 13.8. The average molecular weight is 247 g/mol. The molecule has 18 heavy (non-hydrogen) atoms. The molecule has 0 atom stereocenters. The van der Waals surface area contributed by atoms with Gasteiger partial charge in [-0.25, -0.2) is 0 Å². The number of hydrogen-bond acceptors (Lipinski definition) is 3. The fourth-order valence-corrected chi connectivity index (χ4v) is 2.29. The first-order valence-electron chi connectivity index (χ1n) is 6.73. The number of hydrogen-bond donors (Lipinski definition) is 0. The third-order valence-corrected chi connectivity index (χ3v) is 3.41. The van der Waals surface area contributed by atoms with Crippen molar-refractivity contribution in [1.29, 1.82) is 0 Å². The number of ether oxygens (including phenoxy) is 1. The number of aryl methyl sites for hydroxylation is 1. The van der Waals surface area contributed by atoms with Crippen LogP contribution in [0.15, 0.2) is 24.3 Å². The summed E-state index contributed by atoms with van der Waals surface area (Å²) < 4.78 is 5.38. The molecule has 1 aliphatic rings. The van der Waals surface area contributed by atoms with E-state index >= 15 is 0 Å². The lowest BCUT2D eigenvalue weighted by atomic mass is 10.0. The highest BCUT2D eigenvalue weighted by Crippen LogP contribution is 2.22. The number of Topliss-reactive ketones (excluding diaryl/α,β-unsaturated/α-hetero) is 1. The number of para-hydroxylation sites is 1. The third-order valence-electron chi connectivity index (χ3n) is 3.41. The van der Waals surface area contributed by atoms with Gasteiger partial charge in [-0.15, -0.1) is 0 Å². The smallest absolute Gasteiger partial charge is 0.132 e. The quantitative estimate of drug-likeness (QED) is 0.800. The van der Waals surface area contributed by atoms with E-state index in [0.717, 1.165) is 32.7 Å². The second-order valence-corrected chi connectivity index (χ2v) is 4.62. The van der Waals surface area contributed by atoms with E-state index in [4.69, 9.17) is 4.74 Å². The maximum Gasteiger partial charge on any atom is 0.132 e. The van der Waals surface area contributed by atoms with E-state index in [1.54, 1.807) is 0 Å². The van der Waals surface area contributed by atoms with Gasteiger partial charge < -0.3 is 9.64 Å². The highest BCUT2D eigenvalue weighted by molar-refractivity contribution is 5.78. The summed E-state index contributed by atoms with van der Waals surface area (Å²) in [7, 11) is 0. The lowest BCUT2D eigenvalue weighted by molar-refractivity contribution is -0.118. The van der Waals surface area contributed by atoms with Crippen molar-refractivity contribution in [2.24, 2.45) is 0 Å². The standard InChI is InChI=1S/C15H21NO2/c1-2-14(17)8-7-13-5-3-4-6-15(13)16-9-11-18-12-10-16/h3-6H,2,7-12H2,1H3. The van der Waals surface area contributed by atoms with Crippen LogP contribution in [0.1, 0.15) is 25.3 Å². The zero-order valence-electron chi connectivity index (χ0n) is 11.0. The molecule has 0 aromatic heterocycles. The van der Waals surface area contributed by atoms with Gasteiger partial charge in [0.2, 0.25) is 0 Å². The minimum atomic E-state index is 0.340. The van der Waals surface area contributed by atoms with Crippen LogP contribution in [0.5, 0.6) is 0 Å². The molecule has 1 aromatic carbocycles. The first-order valence-corrected chi connectivity index (χ1v) is 6.73. The second-order valence-electron chi connectivity index (χ2n) is 4.62. The van der Waals surface area contributed by atoms with Crippen LogP contribution in [-0.2, 0) is 16.0 Å². The number of carbonyl (C=O) groups is 1. The molecule has 1 aliphatic heterocycles. The Morgan fingerprint density at radius 1 is 1.28 bits per heavy atom. The monoisotopic (exact) mass is 247 g/mol. The van der Waals surface area contributed by atoms with Crippen molar-refractivity contribution in [3.05, 3.63) is 29.8 Å². The molecule has 1 heterocycles. The Morgan fingerprint density at radius 2 is 2.00 bits per heavy atom. The van der Waals surface area contributed by atoms with Gasteiger partial charge in [0.15, 0.2) is 0 Å². The second kappa shape index (κ2) is 6.55. The highest BCUT2D eigenvalue weighted by Gasteiger charge is 2.14. The van der Waals surface area contributed by atoms with E-state index in [1.165, 1.54) is 11.3 Å². The first-order chi connectivity index (χ1) is 8.81. The lowest BCUT2D eigenvalue weighted by Gasteiger charge is -2.30. The van der Waals surface area contributed by atoms with Gasteiger partial charge in [0.25, 0.3) is 0 Å². The van der Waals surface area contributed by atoms with Crippen LogP contribution in [0.25, 0.3) is 0 Å². The van der Waals surface area contributed by atoms with Gasteiger partial charge in [-0.2, -0.15) is 0 Å². The predicted octanol–water partition coefficient (Wildman–Crippen LogP) is 2.43. The summed E-state index contributed by atoms with van der Waals surface area (Å²) in [5, 5.41) is 0. The number of rotatable bonds is 5. The SMILES string of the molecule is CCC(=O)CCc1ccccc1N1CCOCC1. The maximum atomic E-state index is 11.4. The van der Waals surface area contributed by atoms with Gasteiger partial charge in [0.1, 0.15) is 5.78 Å². The summed E-state index contributed by atoms with van der Waals surface area (Å²) >= 11 is 0. The van der Waals surface area contributed by atoms with Gasteiger partial charge in [-0.05, 0) is 18.1 Å². The molecule has 0 radical (unpaired) electrons. The minimum absolute atomic E-state index is 0.340. The molecule has 0 saturated carbocycles. The van der Waals surface area contributed by atoms with Gasteiger partial charge in [-0.3, -0.25) is 4.79 Å². The summed E-state index contributed by atoms with van der Waals surface area (Å²) in [6.45, 7) is 5.40. The Balaban J connectivity index is 2.06. The Morgan fingerprint density at radius 3 is 2.72 bits per heavy atom. The van der Waals surface area contributed by atoms with E-state index in [1.807, 2.05) is 6.92 Å². The average Bonchev–Trinajstić information content (AvgIpc) is 2.46. The van der Waals surface area contributed by atoms with Crippen LogP contribution in [0.2, 0.25) is 0 Å².